The van der Waals surface area contributed by atoms with E-state index in [0.29, 0.717) is 18.3 Å². The molecule has 10 heteroatoms. The number of nitrogens with one attached hydrogen (secondary N) is 1. The number of carbonyl (C=O) groups excluding carboxylic acids is 1. The maximum atomic E-state index is 12.7. The molecule has 0 bridgehead atoms. The molecule has 0 radical (unpaired) electrons. The van der Waals surface area contributed by atoms with Crippen LogP contribution in [0.4, 0.5) is 0 Å². The van der Waals surface area contributed by atoms with E-state index in [0.717, 1.165) is 37.1 Å². The Hall–Kier alpha value is -3.30. The first kappa shape index (κ1) is 20.0. The zero-order chi connectivity index (χ0) is 21.1. The fourth-order valence-corrected chi connectivity index (χ4v) is 3.57. The van der Waals surface area contributed by atoms with Gasteiger partial charge in [-0.05, 0) is 30.9 Å². The SMILES string of the molecule is CC(C)C(NC(=O)Cn1nc2n(c1=O)CCCCC2)c1nc(-c2cccnc2)no1. The number of hydrogen-bond acceptors (Lipinski definition) is 7. The van der Waals surface area contributed by atoms with E-state index >= 15 is 0 Å². The second-order valence-corrected chi connectivity index (χ2v) is 7.81. The molecule has 0 saturated heterocycles. The minimum Gasteiger partial charge on any atom is -0.342 e. The van der Waals surface area contributed by atoms with Crippen molar-refractivity contribution in [3.05, 3.63) is 46.7 Å². The third-order valence-electron chi connectivity index (χ3n) is 5.19. The summed E-state index contributed by atoms with van der Waals surface area (Å²) in [6, 6.07) is 3.14. The second kappa shape index (κ2) is 8.60. The Morgan fingerprint density at radius 2 is 2.17 bits per heavy atom. The predicted molar refractivity (Wildman–Crippen MR) is 107 cm³/mol. The quantitative estimate of drug-likeness (QED) is 0.656. The molecule has 30 heavy (non-hydrogen) atoms. The number of rotatable bonds is 6. The molecule has 3 aromatic rings. The van der Waals surface area contributed by atoms with Crippen LogP contribution in [0.3, 0.4) is 0 Å². The van der Waals surface area contributed by atoms with Gasteiger partial charge in [0.05, 0.1) is 0 Å². The Balaban J connectivity index is 1.48. The standard InChI is InChI=1S/C20H25N7O3/c1-13(2)17(19-23-18(25-30-19)14-7-6-9-21-11-14)22-16(28)12-27-20(29)26-10-5-3-4-8-15(26)24-27/h6-7,9,11,13,17H,3-5,8,10,12H2,1-2H3,(H,22,28). The lowest BCUT2D eigenvalue weighted by Gasteiger charge is -2.18. The number of aromatic nitrogens is 6. The first-order chi connectivity index (χ1) is 14.5. The summed E-state index contributed by atoms with van der Waals surface area (Å²) < 4.78 is 8.32. The maximum Gasteiger partial charge on any atom is 0.346 e. The maximum absolute atomic E-state index is 12.7. The fraction of sp³-hybridized carbons (Fsp3) is 0.500. The van der Waals surface area contributed by atoms with E-state index in [1.807, 2.05) is 19.9 Å². The number of fused-ring (bicyclic) bond motifs is 1. The van der Waals surface area contributed by atoms with Crippen molar-refractivity contribution in [2.24, 2.45) is 5.92 Å². The number of aryl methyl sites for hydroxylation is 1. The smallest absolute Gasteiger partial charge is 0.342 e. The van der Waals surface area contributed by atoms with Gasteiger partial charge in [-0.1, -0.05) is 25.4 Å². The van der Waals surface area contributed by atoms with Gasteiger partial charge in [-0.15, -0.1) is 0 Å². The topological polar surface area (TPSA) is 121 Å². The first-order valence-corrected chi connectivity index (χ1v) is 10.2. The summed E-state index contributed by atoms with van der Waals surface area (Å²) in [5, 5.41) is 11.3. The van der Waals surface area contributed by atoms with Crippen molar-refractivity contribution >= 4 is 5.91 Å². The number of hydrogen-bond donors (Lipinski definition) is 1. The molecule has 0 spiro atoms. The average Bonchev–Trinajstić information content (AvgIpc) is 3.25. The normalized spacial score (nSPS) is 14.9. The Labute approximate surface area is 173 Å². The largest absolute Gasteiger partial charge is 0.346 e. The number of nitrogens with zero attached hydrogens (tertiary/aromatic N) is 6. The second-order valence-electron chi connectivity index (χ2n) is 7.81. The van der Waals surface area contributed by atoms with Gasteiger partial charge in [0.1, 0.15) is 18.4 Å². The lowest BCUT2D eigenvalue weighted by atomic mass is 10.0. The van der Waals surface area contributed by atoms with Crippen LogP contribution < -0.4 is 11.0 Å². The summed E-state index contributed by atoms with van der Waals surface area (Å²) in [6.07, 6.45) is 7.12. The fourth-order valence-electron chi connectivity index (χ4n) is 3.57. The molecule has 10 nitrogen and oxygen atoms in total. The monoisotopic (exact) mass is 411 g/mol. The number of pyridine rings is 1. The van der Waals surface area contributed by atoms with Crippen molar-refractivity contribution in [2.45, 2.75) is 58.7 Å². The molecule has 0 saturated carbocycles. The van der Waals surface area contributed by atoms with E-state index in [-0.39, 0.29) is 24.1 Å². The zero-order valence-corrected chi connectivity index (χ0v) is 17.1. The summed E-state index contributed by atoms with van der Waals surface area (Å²) in [7, 11) is 0. The van der Waals surface area contributed by atoms with Crippen molar-refractivity contribution < 1.29 is 9.32 Å². The highest BCUT2D eigenvalue weighted by Gasteiger charge is 2.26. The van der Waals surface area contributed by atoms with Crippen molar-refractivity contribution in [3.8, 4) is 11.4 Å². The molecule has 0 fully saturated rings. The minimum atomic E-state index is -0.480. The number of carbonyl (C=O) groups is 1. The molecule has 4 heterocycles. The highest BCUT2D eigenvalue weighted by atomic mass is 16.5. The molecule has 1 amide bonds. The Morgan fingerprint density at radius 3 is 2.93 bits per heavy atom. The molecule has 0 aromatic carbocycles. The van der Waals surface area contributed by atoms with Crippen LogP contribution in [-0.2, 0) is 24.3 Å². The molecule has 1 unspecified atom stereocenters. The predicted octanol–water partition coefficient (Wildman–Crippen LogP) is 1.73. The molecular formula is C20H25N7O3. The highest BCUT2D eigenvalue weighted by molar-refractivity contribution is 5.76. The van der Waals surface area contributed by atoms with Crippen LogP contribution >= 0.6 is 0 Å². The molecule has 3 aromatic heterocycles. The van der Waals surface area contributed by atoms with E-state index in [2.05, 4.69) is 25.5 Å². The zero-order valence-electron chi connectivity index (χ0n) is 17.1. The van der Waals surface area contributed by atoms with Crippen LogP contribution in [0.25, 0.3) is 11.4 Å². The molecule has 1 atom stereocenters. The lowest BCUT2D eigenvalue weighted by molar-refractivity contribution is -0.123. The Morgan fingerprint density at radius 1 is 1.30 bits per heavy atom. The van der Waals surface area contributed by atoms with Gasteiger partial charge < -0.3 is 9.84 Å². The Kier molecular flexibility index (Phi) is 5.73. The van der Waals surface area contributed by atoms with Crippen molar-refractivity contribution in [3.63, 3.8) is 0 Å². The third-order valence-corrected chi connectivity index (χ3v) is 5.19. The van der Waals surface area contributed by atoms with E-state index in [4.69, 9.17) is 4.52 Å². The summed E-state index contributed by atoms with van der Waals surface area (Å²) in [5.41, 5.74) is 0.493. The molecule has 158 valence electrons. The van der Waals surface area contributed by atoms with Crippen LogP contribution in [0.1, 0.15) is 50.9 Å². The van der Waals surface area contributed by atoms with Crippen LogP contribution in [0.5, 0.6) is 0 Å². The molecule has 1 N–H and O–H groups in total. The summed E-state index contributed by atoms with van der Waals surface area (Å²) in [5.74, 6) is 1.15. The van der Waals surface area contributed by atoms with Gasteiger partial charge in [0.2, 0.25) is 17.6 Å². The van der Waals surface area contributed by atoms with Gasteiger partial charge in [-0.25, -0.2) is 9.48 Å². The molecule has 4 rings (SSSR count). The Bertz CT molecular complexity index is 1070. The molecular weight excluding hydrogens is 386 g/mol. The van der Waals surface area contributed by atoms with Gasteiger partial charge in [0.25, 0.3) is 0 Å². The van der Waals surface area contributed by atoms with Gasteiger partial charge in [0, 0.05) is 30.9 Å². The van der Waals surface area contributed by atoms with Crippen molar-refractivity contribution in [1.29, 1.82) is 0 Å². The van der Waals surface area contributed by atoms with Gasteiger partial charge in [-0.3, -0.25) is 14.3 Å². The van der Waals surface area contributed by atoms with Gasteiger partial charge in [0.15, 0.2) is 0 Å². The summed E-state index contributed by atoms with van der Waals surface area (Å²) >= 11 is 0. The highest BCUT2D eigenvalue weighted by Crippen LogP contribution is 2.23. The summed E-state index contributed by atoms with van der Waals surface area (Å²) in [4.78, 5) is 33.8. The molecule has 1 aliphatic heterocycles. The van der Waals surface area contributed by atoms with Crippen LogP contribution in [0.15, 0.2) is 33.8 Å². The molecule has 0 aliphatic carbocycles. The van der Waals surface area contributed by atoms with Crippen LogP contribution in [0.2, 0.25) is 0 Å². The summed E-state index contributed by atoms with van der Waals surface area (Å²) in [6.45, 7) is 4.41. The van der Waals surface area contributed by atoms with E-state index in [1.165, 1.54) is 4.68 Å². The first-order valence-electron chi connectivity index (χ1n) is 10.2. The van der Waals surface area contributed by atoms with E-state index < -0.39 is 6.04 Å². The van der Waals surface area contributed by atoms with Gasteiger partial charge >= 0.3 is 5.69 Å². The van der Waals surface area contributed by atoms with E-state index in [9.17, 15) is 9.59 Å². The van der Waals surface area contributed by atoms with Crippen LogP contribution in [-0.4, -0.2) is 35.4 Å². The number of amides is 1. The van der Waals surface area contributed by atoms with Crippen molar-refractivity contribution in [2.75, 3.05) is 0 Å². The lowest BCUT2D eigenvalue weighted by Crippen LogP contribution is -2.37. The van der Waals surface area contributed by atoms with E-state index in [1.54, 1.807) is 23.0 Å². The van der Waals surface area contributed by atoms with Crippen LogP contribution in [0, 0.1) is 5.92 Å². The minimum absolute atomic E-state index is 0.00610. The van der Waals surface area contributed by atoms with Gasteiger partial charge in [-0.2, -0.15) is 10.1 Å². The third kappa shape index (κ3) is 4.17. The molecule has 1 aliphatic rings. The average molecular weight is 411 g/mol. The van der Waals surface area contributed by atoms with Crippen molar-refractivity contribution in [1.82, 2.24) is 34.8 Å².